The third kappa shape index (κ3) is 2.83. The van der Waals surface area contributed by atoms with Gasteiger partial charge in [0.15, 0.2) is 0 Å². The van der Waals surface area contributed by atoms with Crippen LogP contribution in [0.2, 0.25) is 0 Å². The third-order valence-corrected chi connectivity index (χ3v) is 3.00. The number of rotatable bonds is 2. The number of hydrogen-bond donors (Lipinski definition) is 1. The first-order valence-corrected chi connectivity index (χ1v) is 5.81. The molecule has 1 amide bonds. The van der Waals surface area contributed by atoms with Crippen LogP contribution in [0.4, 0.5) is 0 Å². The fourth-order valence-electron chi connectivity index (χ4n) is 1.92. The smallest absolute Gasteiger partial charge is 0.236 e. The van der Waals surface area contributed by atoms with Crippen LogP contribution in [0.3, 0.4) is 0 Å². The second kappa shape index (κ2) is 5.12. The van der Waals surface area contributed by atoms with Gasteiger partial charge >= 0.3 is 0 Å². The number of nitrogens with one attached hydrogen (secondary N) is 1. The molecule has 1 fully saturated rings. The van der Waals surface area contributed by atoms with Crippen LogP contribution in [-0.4, -0.2) is 29.9 Å². The Bertz CT molecular complexity index is 350. The molecule has 0 aromatic heterocycles. The van der Waals surface area contributed by atoms with E-state index in [-0.39, 0.29) is 5.91 Å². The summed E-state index contributed by atoms with van der Waals surface area (Å²) in [4.78, 5) is 13.8. The molecule has 2 rings (SSSR count). The minimum Gasteiger partial charge on any atom is -0.337 e. The van der Waals surface area contributed by atoms with Gasteiger partial charge in [-0.05, 0) is 18.9 Å². The van der Waals surface area contributed by atoms with Crippen molar-refractivity contribution in [2.75, 3.05) is 13.1 Å². The van der Waals surface area contributed by atoms with Gasteiger partial charge in [-0.3, -0.25) is 4.79 Å². The van der Waals surface area contributed by atoms with Crippen molar-refractivity contribution in [2.24, 2.45) is 0 Å². The molecular formula is C13H18N2O. The lowest BCUT2D eigenvalue weighted by molar-refractivity contribution is -0.130. The Labute approximate surface area is 96.5 Å². The number of carbonyl (C=O) groups excluding carboxylic acids is 1. The largest absolute Gasteiger partial charge is 0.337 e. The van der Waals surface area contributed by atoms with E-state index in [0.717, 1.165) is 19.5 Å². The molecule has 0 spiro atoms. The molecule has 0 aliphatic carbocycles. The summed E-state index contributed by atoms with van der Waals surface area (Å²) in [6, 6.07) is 10.6. The van der Waals surface area contributed by atoms with Crippen molar-refractivity contribution in [3.8, 4) is 0 Å². The van der Waals surface area contributed by atoms with Gasteiger partial charge in [0.1, 0.15) is 0 Å². The van der Waals surface area contributed by atoms with E-state index in [0.29, 0.717) is 12.6 Å². The Morgan fingerprint density at radius 3 is 2.88 bits per heavy atom. The second-order valence-corrected chi connectivity index (χ2v) is 4.37. The molecular weight excluding hydrogens is 200 g/mol. The van der Waals surface area contributed by atoms with Gasteiger partial charge in [-0.1, -0.05) is 30.3 Å². The van der Waals surface area contributed by atoms with Crippen LogP contribution < -0.4 is 5.32 Å². The summed E-state index contributed by atoms with van der Waals surface area (Å²) >= 11 is 0. The molecule has 0 radical (unpaired) electrons. The van der Waals surface area contributed by atoms with Crippen molar-refractivity contribution >= 4 is 5.91 Å². The Kier molecular flexibility index (Phi) is 3.57. The molecule has 1 N–H and O–H groups in total. The molecule has 1 saturated heterocycles. The molecule has 16 heavy (non-hydrogen) atoms. The van der Waals surface area contributed by atoms with E-state index in [2.05, 4.69) is 24.4 Å². The highest BCUT2D eigenvalue weighted by Crippen LogP contribution is 2.08. The topological polar surface area (TPSA) is 32.3 Å². The summed E-state index contributed by atoms with van der Waals surface area (Å²) in [6.45, 7) is 4.17. The first-order chi connectivity index (χ1) is 7.75. The fourth-order valence-corrected chi connectivity index (χ4v) is 1.92. The van der Waals surface area contributed by atoms with Gasteiger partial charge in [0.05, 0.1) is 6.54 Å². The molecule has 1 unspecified atom stereocenters. The van der Waals surface area contributed by atoms with E-state index in [1.165, 1.54) is 5.56 Å². The molecule has 0 bridgehead atoms. The zero-order valence-electron chi connectivity index (χ0n) is 9.65. The van der Waals surface area contributed by atoms with Crippen molar-refractivity contribution in [1.29, 1.82) is 0 Å². The van der Waals surface area contributed by atoms with E-state index in [1.54, 1.807) is 0 Å². The molecule has 3 nitrogen and oxygen atoms in total. The lowest BCUT2D eigenvalue weighted by atomic mass is 10.2. The third-order valence-electron chi connectivity index (χ3n) is 3.00. The predicted octanol–water partition coefficient (Wildman–Crippen LogP) is 1.40. The summed E-state index contributed by atoms with van der Waals surface area (Å²) in [5.74, 6) is 0.202. The summed E-state index contributed by atoms with van der Waals surface area (Å²) < 4.78 is 0. The molecule has 1 aromatic rings. The van der Waals surface area contributed by atoms with Crippen LogP contribution in [0, 0.1) is 0 Å². The van der Waals surface area contributed by atoms with Gasteiger partial charge in [-0.15, -0.1) is 0 Å². The molecule has 1 atom stereocenters. The van der Waals surface area contributed by atoms with Gasteiger partial charge in [-0.2, -0.15) is 0 Å². The van der Waals surface area contributed by atoms with Gasteiger partial charge in [0.2, 0.25) is 5.91 Å². The minimum atomic E-state index is 0.202. The van der Waals surface area contributed by atoms with Crippen LogP contribution >= 0.6 is 0 Å². The highest BCUT2D eigenvalue weighted by Gasteiger charge is 2.19. The van der Waals surface area contributed by atoms with E-state index < -0.39 is 0 Å². The maximum Gasteiger partial charge on any atom is 0.236 e. The van der Waals surface area contributed by atoms with Gasteiger partial charge < -0.3 is 10.2 Å². The summed E-state index contributed by atoms with van der Waals surface area (Å²) in [5, 5.41) is 3.22. The Morgan fingerprint density at radius 1 is 1.38 bits per heavy atom. The average molecular weight is 218 g/mol. The van der Waals surface area contributed by atoms with Crippen molar-refractivity contribution in [1.82, 2.24) is 10.2 Å². The maximum absolute atomic E-state index is 11.8. The quantitative estimate of drug-likeness (QED) is 0.813. The molecule has 1 aliphatic heterocycles. The van der Waals surface area contributed by atoms with Crippen molar-refractivity contribution in [3.63, 3.8) is 0 Å². The standard InChI is InChI=1S/C13H18N2O/c1-11-7-8-15(13(16)9-14-11)10-12-5-3-2-4-6-12/h2-6,11,14H,7-10H2,1H3. The lowest BCUT2D eigenvalue weighted by Crippen LogP contribution is -2.35. The zero-order chi connectivity index (χ0) is 11.4. The number of amides is 1. The van der Waals surface area contributed by atoms with Crippen LogP contribution in [0.15, 0.2) is 30.3 Å². The van der Waals surface area contributed by atoms with Crippen LogP contribution in [0.25, 0.3) is 0 Å². The summed E-state index contributed by atoms with van der Waals surface area (Å²) in [6.07, 6.45) is 1.03. The Hall–Kier alpha value is -1.35. The fraction of sp³-hybridized carbons (Fsp3) is 0.462. The predicted molar refractivity (Wildman–Crippen MR) is 63.9 cm³/mol. The minimum absolute atomic E-state index is 0.202. The Balaban J connectivity index is 2.00. The van der Waals surface area contributed by atoms with Crippen LogP contribution in [0.1, 0.15) is 18.9 Å². The normalized spacial score (nSPS) is 21.9. The first kappa shape index (κ1) is 11.1. The lowest BCUT2D eigenvalue weighted by Gasteiger charge is -2.20. The highest BCUT2D eigenvalue weighted by atomic mass is 16.2. The average Bonchev–Trinajstić information content (AvgIpc) is 2.46. The summed E-state index contributed by atoms with van der Waals surface area (Å²) in [7, 11) is 0. The molecule has 86 valence electrons. The number of carbonyl (C=O) groups is 1. The Morgan fingerprint density at radius 2 is 2.12 bits per heavy atom. The maximum atomic E-state index is 11.8. The molecule has 1 aromatic carbocycles. The van der Waals surface area contributed by atoms with Crippen molar-refractivity contribution < 1.29 is 4.79 Å². The van der Waals surface area contributed by atoms with E-state index in [9.17, 15) is 4.79 Å². The number of benzene rings is 1. The molecule has 1 heterocycles. The van der Waals surface area contributed by atoms with Gasteiger partial charge in [0.25, 0.3) is 0 Å². The van der Waals surface area contributed by atoms with Gasteiger partial charge in [0, 0.05) is 19.1 Å². The zero-order valence-corrected chi connectivity index (χ0v) is 9.65. The number of hydrogen-bond acceptors (Lipinski definition) is 2. The molecule has 1 aliphatic rings. The summed E-state index contributed by atoms with van der Waals surface area (Å²) in [5.41, 5.74) is 1.20. The first-order valence-electron chi connectivity index (χ1n) is 5.81. The molecule has 0 saturated carbocycles. The van der Waals surface area contributed by atoms with E-state index in [4.69, 9.17) is 0 Å². The SMILES string of the molecule is CC1CCN(Cc2ccccc2)C(=O)CN1. The second-order valence-electron chi connectivity index (χ2n) is 4.37. The van der Waals surface area contributed by atoms with Gasteiger partial charge in [-0.25, -0.2) is 0 Å². The van der Waals surface area contributed by atoms with Crippen LogP contribution in [-0.2, 0) is 11.3 Å². The van der Waals surface area contributed by atoms with Crippen molar-refractivity contribution in [2.45, 2.75) is 25.9 Å². The van der Waals surface area contributed by atoms with Crippen molar-refractivity contribution in [3.05, 3.63) is 35.9 Å². The monoisotopic (exact) mass is 218 g/mol. The highest BCUT2D eigenvalue weighted by molar-refractivity contribution is 5.78. The number of nitrogens with zero attached hydrogens (tertiary/aromatic N) is 1. The van der Waals surface area contributed by atoms with Crippen LogP contribution in [0.5, 0.6) is 0 Å². The van der Waals surface area contributed by atoms with E-state index >= 15 is 0 Å². The van der Waals surface area contributed by atoms with E-state index in [1.807, 2.05) is 23.1 Å². The molecule has 3 heteroatoms.